The molecule has 5 heteroatoms. The predicted octanol–water partition coefficient (Wildman–Crippen LogP) is 6.72. The summed E-state index contributed by atoms with van der Waals surface area (Å²) in [5.41, 5.74) is 5.10. The highest BCUT2D eigenvalue weighted by Gasteiger charge is 2.10. The van der Waals surface area contributed by atoms with Gasteiger partial charge in [-0.3, -0.25) is 4.79 Å². The van der Waals surface area contributed by atoms with Crippen molar-refractivity contribution in [2.45, 2.75) is 6.92 Å². The average Bonchev–Trinajstić information content (AvgIpc) is 3.45. The smallest absolute Gasteiger partial charge is 0.248 e. The molecule has 1 amide bonds. The lowest BCUT2D eigenvalue weighted by Gasteiger charge is -2.03. The minimum Gasteiger partial charge on any atom is -0.457 e. The molecule has 0 bridgehead atoms. The molecule has 5 nitrogen and oxygen atoms in total. The zero-order valence-electron chi connectivity index (χ0n) is 17.4. The molecule has 1 N–H and O–H groups in total. The second-order valence-corrected chi connectivity index (χ2v) is 7.46. The molecule has 0 fully saturated rings. The lowest BCUT2D eigenvalue weighted by molar-refractivity contribution is -0.111. The van der Waals surface area contributed by atoms with Gasteiger partial charge in [0.15, 0.2) is 5.58 Å². The molecule has 0 atom stereocenters. The van der Waals surface area contributed by atoms with Crippen molar-refractivity contribution in [2.75, 3.05) is 5.32 Å². The number of amides is 1. The van der Waals surface area contributed by atoms with Gasteiger partial charge < -0.3 is 14.2 Å². The Hall–Kier alpha value is -4.38. The van der Waals surface area contributed by atoms with Gasteiger partial charge in [-0.25, -0.2) is 4.98 Å². The number of anilines is 1. The Morgan fingerprint density at radius 1 is 0.875 bits per heavy atom. The fourth-order valence-electron chi connectivity index (χ4n) is 3.43. The van der Waals surface area contributed by atoms with E-state index in [1.807, 2.05) is 91.9 Å². The average molecular weight is 420 g/mol. The van der Waals surface area contributed by atoms with E-state index < -0.39 is 0 Å². The summed E-state index contributed by atoms with van der Waals surface area (Å²) in [6.07, 6.45) is 3.09. The van der Waals surface area contributed by atoms with E-state index in [1.165, 1.54) is 6.08 Å². The molecule has 2 aromatic heterocycles. The summed E-state index contributed by atoms with van der Waals surface area (Å²) in [5, 5.41) is 2.87. The maximum Gasteiger partial charge on any atom is 0.248 e. The molecule has 2 heterocycles. The zero-order valence-corrected chi connectivity index (χ0v) is 17.4. The van der Waals surface area contributed by atoms with Gasteiger partial charge in [0.2, 0.25) is 11.8 Å². The molecule has 0 aliphatic carbocycles. The van der Waals surface area contributed by atoms with Crippen molar-refractivity contribution >= 4 is 28.8 Å². The summed E-state index contributed by atoms with van der Waals surface area (Å²) in [7, 11) is 0. The van der Waals surface area contributed by atoms with E-state index in [2.05, 4.69) is 10.3 Å². The molecule has 0 radical (unpaired) electrons. The number of fused-ring (bicyclic) bond motifs is 1. The molecule has 0 aliphatic rings. The molecule has 32 heavy (non-hydrogen) atoms. The predicted molar refractivity (Wildman–Crippen MR) is 126 cm³/mol. The number of oxazole rings is 1. The van der Waals surface area contributed by atoms with E-state index in [-0.39, 0.29) is 5.91 Å². The van der Waals surface area contributed by atoms with Crippen LogP contribution >= 0.6 is 0 Å². The second-order valence-electron chi connectivity index (χ2n) is 7.46. The highest BCUT2D eigenvalue weighted by molar-refractivity contribution is 6.02. The number of nitrogens with zero attached hydrogens (tertiary/aromatic N) is 1. The maximum atomic E-state index is 12.4. The molecule has 3 aromatic carbocycles. The summed E-state index contributed by atoms with van der Waals surface area (Å²) < 4.78 is 11.7. The number of nitrogens with one attached hydrogen (secondary N) is 1. The summed E-state index contributed by atoms with van der Waals surface area (Å²) in [5.74, 6) is 1.62. The van der Waals surface area contributed by atoms with Crippen molar-refractivity contribution in [3.05, 3.63) is 102 Å². The largest absolute Gasteiger partial charge is 0.457 e. The summed E-state index contributed by atoms with van der Waals surface area (Å²) in [4.78, 5) is 17.0. The van der Waals surface area contributed by atoms with Gasteiger partial charge in [-0.1, -0.05) is 42.5 Å². The number of carbonyl (C=O) groups is 1. The Kier molecular flexibility index (Phi) is 5.14. The minimum atomic E-state index is -0.256. The first-order valence-electron chi connectivity index (χ1n) is 10.3. The number of furan rings is 1. The van der Waals surface area contributed by atoms with E-state index in [0.717, 1.165) is 33.6 Å². The van der Waals surface area contributed by atoms with Crippen LogP contribution in [0.2, 0.25) is 0 Å². The van der Waals surface area contributed by atoms with Crippen molar-refractivity contribution in [3.8, 4) is 22.8 Å². The van der Waals surface area contributed by atoms with Crippen LogP contribution in [0.3, 0.4) is 0 Å². The molecular formula is C27H20N2O3. The minimum absolute atomic E-state index is 0.256. The number of hydrogen-bond acceptors (Lipinski definition) is 4. The van der Waals surface area contributed by atoms with Crippen LogP contribution in [0.4, 0.5) is 5.69 Å². The van der Waals surface area contributed by atoms with E-state index in [4.69, 9.17) is 8.83 Å². The van der Waals surface area contributed by atoms with Gasteiger partial charge >= 0.3 is 0 Å². The van der Waals surface area contributed by atoms with Gasteiger partial charge in [-0.15, -0.1) is 0 Å². The van der Waals surface area contributed by atoms with Gasteiger partial charge in [0.05, 0.1) is 0 Å². The Balaban J connectivity index is 1.29. The first-order chi connectivity index (χ1) is 15.6. The number of aryl methyl sites for hydroxylation is 1. The van der Waals surface area contributed by atoms with Crippen molar-refractivity contribution in [1.82, 2.24) is 4.98 Å². The maximum absolute atomic E-state index is 12.4. The lowest BCUT2D eigenvalue weighted by Crippen LogP contribution is -2.07. The number of hydrogen-bond donors (Lipinski definition) is 1. The van der Waals surface area contributed by atoms with Crippen LogP contribution < -0.4 is 5.32 Å². The standard InChI is InChI=1S/C27H20N2O3/c1-18-10-13-25-23(16-18)29-27(32-25)20-8-5-9-21(17-20)28-26(30)15-12-22-11-14-24(31-22)19-6-3-2-4-7-19/h2-17H,1H3,(H,28,30)/b15-12+. The fourth-order valence-corrected chi connectivity index (χ4v) is 3.43. The van der Waals surface area contributed by atoms with E-state index in [1.54, 1.807) is 6.08 Å². The number of benzene rings is 3. The van der Waals surface area contributed by atoms with Crippen LogP contribution in [0, 0.1) is 6.92 Å². The normalized spacial score (nSPS) is 11.3. The first-order valence-corrected chi connectivity index (χ1v) is 10.3. The van der Waals surface area contributed by atoms with Crippen molar-refractivity contribution in [3.63, 3.8) is 0 Å². The topological polar surface area (TPSA) is 68.3 Å². The lowest BCUT2D eigenvalue weighted by atomic mass is 10.2. The quantitative estimate of drug-likeness (QED) is 0.321. The second kappa shape index (κ2) is 8.40. The van der Waals surface area contributed by atoms with Crippen LogP contribution in [0.5, 0.6) is 0 Å². The Morgan fingerprint density at radius 2 is 1.72 bits per heavy atom. The third-order valence-electron chi connectivity index (χ3n) is 5.00. The Bertz CT molecular complexity index is 1430. The van der Waals surface area contributed by atoms with Crippen LogP contribution in [0.1, 0.15) is 11.3 Å². The monoisotopic (exact) mass is 420 g/mol. The van der Waals surface area contributed by atoms with Gasteiger partial charge in [-0.2, -0.15) is 0 Å². The molecule has 0 saturated carbocycles. The number of rotatable bonds is 5. The molecule has 0 unspecified atom stereocenters. The fraction of sp³-hybridized carbons (Fsp3) is 0.0370. The van der Waals surface area contributed by atoms with Gasteiger partial charge in [0.25, 0.3) is 0 Å². The molecule has 5 aromatic rings. The molecule has 0 saturated heterocycles. The van der Waals surface area contributed by atoms with Crippen molar-refractivity contribution in [1.29, 1.82) is 0 Å². The van der Waals surface area contributed by atoms with E-state index in [9.17, 15) is 4.79 Å². The molecule has 5 rings (SSSR count). The first kappa shape index (κ1) is 19.6. The third kappa shape index (κ3) is 4.23. The SMILES string of the molecule is Cc1ccc2oc(-c3cccc(NC(=O)/C=C/c4ccc(-c5ccccc5)o4)c3)nc2c1. The van der Waals surface area contributed by atoms with Crippen LogP contribution in [-0.4, -0.2) is 10.9 Å². The molecule has 156 valence electrons. The van der Waals surface area contributed by atoms with Crippen LogP contribution in [0.15, 0.2) is 99.8 Å². The van der Waals surface area contributed by atoms with E-state index >= 15 is 0 Å². The zero-order chi connectivity index (χ0) is 21.9. The highest BCUT2D eigenvalue weighted by atomic mass is 16.3. The molecule has 0 spiro atoms. The van der Waals surface area contributed by atoms with Crippen molar-refractivity contribution in [2.24, 2.45) is 0 Å². The van der Waals surface area contributed by atoms with Crippen LogP contribution in [-0.2, 0) is 4.79 Å². The van der Waals surface area contributed by atoms with Gasteiger partial charge in [0, 0.05) is 22.9 Å². The van der Waals surface area contributed by atoms with E-state index in [0.29, 0.717) is 17.3 Å². The summed E-state index contributed by atoms with van der Waals surface area (Å²) in [6.45, 7) is 2.02. The van der Waals surface area contributed by atoms with Gasteiger partial charge in [-0.05, 0) is 61.0 Å². The van der Waals surface area contributed by atoms with Gasteiger partial charge in [0.1, 0.15) is 17.0 Å². The summed E-state index contributed by atoms with van der Waals surface area (Å²) >= 11 is 0. The van der Waals surface area contributed by atoms with Crippen molar-refractivity contribution < 1.29 is 13.6 Å². The molecule has 0 aliphatic heterocycles. The highest BCUT2D eigenvalue weighted by Crippen LogP contribution is 2.27. The van der Waals surface area contributed by atoms with Crippen LogP contribution in [0.25, 0.3) is 40.0 Å². The summed E-state index contributed by atoms with van der Waals surface area (Å²) in [6, 6.07) is 26.8. The molecular weight excluding hydrogens is 400 g/mol. The number of aromatic nitrogens is 1. The third-order valence-corrected chi connectivity index (χ3v) is 5.00. The Labute approximate surface area is 185 Å². The number of carbonyl (C=O) groups excluding carboxylic acids is 1. The Morgan fingerprint density at radius 3 is 2.59 bits per heavy atom.